The zero-order valence-electron chi connectivity index (χ0n) is 20.2. The highest BCUT2D eigenvalue weighted by atomic mass is 16.2. The lowest BCUT2D eigenvalue weighted by Crippen LogP contribution is -2.54. The van der Waals surface area contributed by atoms with Gasteiger partial charge in [-0.25, -0.2) is 0 Å². The number of rotatable bonds is 14. The van der Waals surface area contributed by atoms with Crippen molar-refractivity contribution in [2.45, 2.75) is 77.7 Å². The van der Waals surface area contributed by atoms with Crippen LogP contribution in [0.25, 0.3) is 6.08 Å². The van der Waals surface area contributed by atoms with E-state index >= 15 is 0 Å². The molecule has 2 rings (SSSR count). The second-order valence-electron chi connectivity index (χ2n) is 8.87. The van der Waals surface area contributed by atoms with Crippen molar-refractivity contribution in [1.82, 2.24) is 15.1 Å². The van der Waals surface area contributed by atoms with Crippen LogP contribution in [0.2, 0.25) is 0 Å². The van der Waals surface area contributed by atoms with E-state index in [-0.39, 0.29) is 17.9 Å². The molecule has 1 atom stereocenters. The average Bonchev–Trinajstić information content (AvgIpc) is 2.82. The summed E-state index contributed by atoms with van der Waals surface area (Å²) in [4.78, 5) is 29.8. The minimum atomic E-state index is -0.378. The molecule has 2 amide bonds. The van der Waals surface area contributed by atoms with Gasteiger partial charge < -0.3 is 10.2 Å². The molecule has 1 fully saturated rings. The van der Waals surface area contributed by atoms with Crippen molar-refractivity contribution >= 4 is 17.9 Å². The number of hydrogen-bond donors (Lipinski definition) is 1. The maximum atomic E-state index is 13.1. The van der Waals surface area contributed by atoms with Gasteiger partial charge in [0, 0.05) is 39.1 Å². The van der Waals surface area contributed by atoms with Gasteiger partial charge in [0.1, 0.15) is 6.04 Å². The Kier molecular flexibility index (Phi) is 12.8. The fraction of sp³-hybridized carbons (Fsp3) is 0.630. The second kappa shape index (κ2) is 15.6. The van der Waals surface area contributed by atoms with E-state index in [4.69, 9.17) is 0 Å². The predicted molar refractivity (Wildman–Crippen MR) is 133 cm³/mol. The topological polar surface area (TPSA) is 52.7 Å². The molecule has 0 aromatic heterocycles. The largest absolute Gasteiger partial charge is 0.344 e. The molecule has 1 aromatic carbocycles. The minimum absolute atomic E-state index is 0.0250. The number of amides is 2. The first-order valence-electron chi connectivity index (χ1n) is 12.7. The number of piperazine rings is 1. The van der Waals surface area contributed by atoms with Crippen LogP contribution in [-0.2, 0) is 9.59 Å². The molecule has 32 heavy (non-hydrogen) atoms. The van der Waals surface area contributed by atoms with Crippen LogP contribution in [-0.4, -0.2) is 60.4 Å². The smallest absolute Gasteiger partial charge is 0.245 e. The van der Waals surface area contributed by atoms with Crippen LogP contribution in [0.5, 0.6) is 0 Å². The lowest BCUT2D eigenvalue weighted by atomic mass is 10.1. The Morgan fingerprint density at radius 1 is 0.938 bits per heavy atom. The number of benzene rings is 1. The molecule has 5 heteroatoms. The normalized spacial score (nSPS) is 15.8. The molecule has 1 aliphatic heterocycles. The van der Waals surface area contributed by atoms with Crippen LogP contribution in [0, 0.1) is 0 Å². The second-order valence-corrected chi connectivity index (χ2v) is 8.87. The van der Waals surface area contributed by atoms with Crippen molar-refractivity contribution in [3.63, 3.8) is 0 Å². The molecule has 0 aliphatic carbocycles. The molecular weight excluding hydrogens is 398 g/mol. The number of hydrogen-bond acceptors (Lipinski definition) is 3. The van der Waals surface area contributed by atoms with E-state index in [0.29, 0.717) is 12.8 Å². The molecular formula is C27H43N3O2. The van der Waals surface area contributed by atoms with Gasteiger partial charge in [-0.3, -0.25) is 14.5 Å². The minimum Gasteiger partial charge on any atom is -0.344 e. The van der Waals surface area contributed by atoms with E-state index in [2.05, 4.69) is 48.3 Å². The van der Waals surface area contributed by atoms with Crippen molar-refractivity contribution in [3.05, 3.63) is 42.0 Å². The summed E-state index contributed by atoms with van der Waals surface area (Å²) < 4.78 is 0. The van der Waals surface area contributed by atoms with E-state index in [1.807, 2.05) is 23.1 Å². The van der Waals surface area contributed by atoms with Gasteiger partial charge in [0.25, 0.3) is 0 Å². The van der Waals surface area contributed by atoms with Gasteiger partial charge in [0.15, 0.2) is 0 Å². The maximum absolute atomic E-state index is 13.1. The molecule has 1 heterocycles. The number of carbonyl (C=O) groups is 2. The quantitative estimate of drug-likeness (QED) is 0.419. The first-order chi connectivity index (χ1) is 15.6. The van der Waals surface area contributed by atoms with Gasteiger partial charge in [-0.05, 0) is 18.4 Å². The molecule has 0 saturated carbocycles. The summed E-state index contributed by atoms with van der Waals surface area (Å²) in [5.41, 5.74) is 1.21. The molecule has 0 bridgehead atoms. The highest BCUT2D eigenvalue weighted by molar-refractivity contribution is 5.87. The predicted octanol–water partition coefficient (Wildman–Crippen LogP) is 4.88. The van der Waals surface area contributed by atoms with E-state index in [0.717, 1.165) is 52.0 Å². The molecule has 1 saturated heterocycles. The summed E-state index contributed by atoms with van der Waals surface area (Å²) >= 11 is 0. The van der Waals surface area contributed by atoms with Gasteiger partial charge in [-0.15, -0.1) is 0 Å². The highest BCUT2D eigenvalue weighted by Crippen LogP contribution is 2.10. The van der Waals surface area contributed by atoms with Crippen molar-refractivity contribution in [2.75, 3.05) is 32.7 Å². The monoisotopic (exact) mass is 441 g/mol. The molecule has 1 N–H and O–H groups in total. The Morgan fingerprint density at radius 3 is 2.31 bits per heavy atom. The third-order valence-corrected chi connectivity index (χ3v) is 6.13. The van der Waals surface area contributed by atoms with Crippen LogP contribution in [0.1, 0.15) is 77.2 Å². The first-order valence-corrected chi connectivity index (χ1v) is 12.7. The van der Waals surface area contributed by atoms with E-state index in [1.54, 1.807) is 0 Å². The lowest BCUT2D eigenvalue weighted by Gasteiger charge is -2.36. The number of unbranched alkanes of at least 4 members (excludes halogenated alkanes) is 5. The Bertz CT molecular complexity index is 681. The van der Waals surface area contributed by atoms with Crippen LogP contribution in [0.4, 0.5) is 0 Å². The molecule has 1 aliphatic rings. The molecule has 1 aromatic rings. The van der Waals surface area contributed by atoms with E-state index in [1.165, 1.54) is 31.2 Å². The molecule has 0 spiro atoms. The number of nitrogens with one attached hydrogen (secondary N) is 1. The standard InChI is InChI=1S/C27H43N3O2/c1-3-5-6-7-8-12-18-26(31)28-25(14-4-2)27(32)30-22-20-29(21-23-30)19-13-17-24-15-10-9-11-16-24/h9-11,13,15-17,25H,3-8,12,14,18-23H2,1-2H3,(H,28,31)/b17-13+. The van der Waals surface area contributed by atoms with Crippen LogP contribution in [0.3, 0.4) is 0 Å². The van der Waals surface area contributed by atoms with Crippen LogP contribution < -0.4 is 5.32 Å². The molecule has 5 nitrogen and oxygen atoms in total. The molecule has 1 unspecified atom stereocenters. The van der Waals surface area contributed by atoms with E-state index < -0.39 is 0 Å². The summed E-state index contributed by atoms with van der Waals surface area (Å²) in [6, 6.07) is 9.93. The third-order valence-electron chi connectivity index (χ3n) is 6.13. The fourth-order valence-corrected chi connectivity index (χ4v) is 4.15. The molecule has 0 radical (unpaired) electrons. The lowest BCUT2D eigenvalue weighted by molar-refractivity contribution is -0.138. The van der Waals surface area contributed by atoms with Crippen molar-refractivity contribution < 1.29 is 9.59 Å². The highest BCUT2D eigenvalue weighted by Gasteiger charge is 2.27. The Morgan fingerprint density at radius 2 is 1.62 bits per heavy atom. The maximum Gasteiger partial charge on any atom is 0.245 e. The fourth-order valence-electron chi connectivity index (χ4n) is 4.15. The molecule has 178 valence electrons. The van der Waals surface area contributed by atoms with Crippen LogP contribution >= 0.6 is 0 Å². The van der Waals surface area contributed by atoms with Crippen molar-refractivity contribution in [2.24, 2.45) is 0 Å². The van der Waals surface area contributed by atoms with Gasteiger partial charge in [-0.1, -0.05) is 94.9 Å². The summed E-state index contributed by atoms with van der Waals surface area (Å²) in [6.07, 6.45) is 13.4. The Balaban J connectivity index is 1.71. The third kappa shape index (κ3) is 9.99. The number of nitrogens with zero attached hydrogens (tertiary/aromatic N) is 2. The van der Waals surface area contributed by atoms with Gasteiger partial charge >= 0.3 is 0 Å². The van der Waals surface area contributed by atoms with Crippen molar-refractivity contribution in [3.8, 4) is 0 Å². The average molecular weight is 442 g/mol. The summed E-state index contributed by atoms with van der Waals surface area (Å²) in [7, 11) is 0. The summed E-state index contributed by atoms with van der Waals surface area (Å²) in [5, 5.41) is 3.03. The van der Waals surface area contributed by atoms with Gasteiger partial charge in [-0.2, -0.15) is 0 Å². The van der Waals surface area contributed by atoms with Gasteiger partial charge in [0.05, 0.1) is 0 Å². The number of carbonyl (C=O) groups excluding carboxylic acids is 2. The Labute approximate surface area is 195 Å². The summed E-state index contributed by atoms with van der Waals surface area (Å²) in [6.45, 7) is 8.37. The Hall–Kier alpha value is -2.14. The first kappa shape index (κ1) is 26.1. The van der Waals surface area contributed by atoms with Crippen LogP contribution in [0.15, 0.2) is 36.4 Å². The SMILES string of the molecule is CCCCCCCCC(=O)NC(CCC)C(=O)N1CCN(C/C=C/c2ccccc2)CC1. The zero-order chi connectivity index (χ0) is 23.0. The van der Waals surface area contributed by atoms with E-state index in [9.17, 15) is 9.59 Å². The summed E-state index contributed by atoms with van der Waals surface area (Å²) in [5.74, 6) is 0.111. The van der Waals surface area contributed by atoms with Gasteiger partial charge in [0.2, 0.25) is 11.8 Å². The zero-order valence-corrected chi connectivity index (χ0v) is 20.2. The van der Waals surface area contributed by atoms with Crippen molar-refractivity contribution in [1.29, 1.82) is 0 Å².